The number of benzene rings is 1. The molecule has 3 rings (SSSR count). The zero-order chi connectivity index (χ0) is 13.8. The first kappa shape index (κ1) is 13.9. The lowest BCUT2D eigenvalue weighted by molar-refractivity contribution is 0.137. The van der Waals surface area contributed by atoms with Crippen LogP contribution in [-0.4, -0.2) is 50.2 Å². The Balaban J connectivity index is 1.49. The quantitative estimate of drug-likeness (QED) is 0.912. The molecule has 2 aliphatic rings. The normalized spacial score (nSPS) is 28.6. The molecule has 0 amide bonds. The summed E-state index contributed by atoms with van der Waals surface area (Å²) in [5, 5.41) is 3.43. The van der Waals surface area contributed by atoms with Crippen molar-refractivity contribution in [2.24, 2.45) is 0 Å². The van der Waals surface area contributed by atoms with E-state index in [-0.39, 0.29) is 0 Å². The minimum Gasteiger partial charge on any atom is -0.369 e. The maximum absolute atomic E-state index is 3.43. The van der Waals surface area contributed by atoms with Crippen LogP contribution in [0.3, 0.4) is 0 Å². The molecule has 3 nitrogen and oxygen atoms in total. The molecule has 0 unspecified atom stereocenters. The summed E-state index contributed by atoms with van der Waals surface area (Å²) in [6.45, 7) is 4.81. The van der Waals surface area contributed by atoms with Crippen molar-refractivity contribution >= 4 is 5.69 Å². The molecule has 2 fully saturated rings. The number of nitrogens with one attached hydrogen (secondary N) is 1. The molecule has 1 N–H and O–H groups in total. The third-order valence-corrected chi connectivity index (χ3v) is 5.06. The van der Waals surface area contributed by atoms with E-state index < -0.39 is 0 Å². The second-order valence-corrected chi connectivity index (χ2v) is 6.15. The van der Waals surface area contributed by atoms with Crippen LogP contribution in [0.5, 0.6) is 0 Å². The van der Waals surface area contributed by atoms with Gasteiger partial charge in [-0.2, -0.15) is 0 Å². The minimum atomic E-state index is 0.761. The van der Waals surface area contributed by atoms with E-state index in [1.165, 1.54) is 57.5 Å². The molecule has 0 bridgehead atoms. The van der Waals surface area contributed by atoms with Gasteiger partial charge >= 0.3 is 0 Å². The number of hydrogen-bond acceptors (Lipinski definition) is 3. The van der Waals surface area contributed by atoms with Gasteiger partial charge in [0.15, 0.2) is 0 Å². The van der Waals surface area contributed by atoms with Crippen molar-refractivity contribution in [2.45, 2.75) is 37.8 Å². The van der Waals surface area contributed by atoms with E-state index in [0.29, 0.717) is 0 Å². The van der Waals surface area contributed by atoms with E-state index in [0.717, 1.165) is 12.1 Å². The first-order valence-electron chi connectivity index (χ1n) is 8.08. The van der Waals surface area contributed by atoms with E-state index in [4.69, 9.17) is 0 Å². The van der Waals surface area contributed by atoms with E-state index in [1.54, 1.807) is 0 Å². The molecular weight excluding hydrogens is 246 g/mol. The number of hydrogen-bond donors (Lipinski definition) is 1. The Morgan fingerprint density at radius 2 is 1.55 bits per heavy atom. The Morgan fingerprint density at radius 1 is 0.900 bits per heavy atom. The zero-order valence-electron chi connectivity index (χ0n) is 12.6. The SMILES string of the molecule is CNC1CCC(N2CCN(c3ccccc3)CC2)CC1. The molecule has 0 spiro atoms. The summed E-state index contributed by atoms with van der Waals surface area (Å²) in [5.41, 5.74) is 1.38. The van der Waals surface area contributed by atoms with Gasteiger partial charge in [-0.3, -0.25) is 4.90 Å². The van der Waals surface area contributed by atoms with Gasteiger partial charge in [-0.1, -0.05) is 18.2 Å². The summed E-state index contributed by atoms with van der Waals surface area (Å²) >= 11 is 0. The lowest BCUT2D eigenvalue weighted by atomic mass is 9.90. The number of rotatable bonds is 3. The van der Waals surface area contributed by atoms with Crippen molar-refractivity contribution < 1.29 is 0 Å². The Labute approximate surface area is 123 Å². The average Bonchev–Trinajstić information content (AvgIpc) is 2.56. The van der Waals surface area contributed by atoms with Crippen molar-refractivity contribution in [1.82, 2.24) is 10.2 Å². The molecular formula is C17H27N3. The first-order chi connectivity index (χ1) is 9.86. The Morgan fingerprint density at radius 3 is 2.15 bits per heavy atom. The lowest BCUT2D eigenvalue weighted by Crippen LogP contribution is -2.52. The van der Waals surface area contributed by atoms with Crippen molar-refractivity contribution in [2.75, 3.05) is 38.1 Å². The molecule has 0 aromatic heterocycles. The van der Waals surface area contributed by atoms with Gasteiger partial charge in [-0.25, -0.2) is 0 Å². The maximum Gasteiger partial charge on any atom is 0.0367 e. The molecule has 1 aliphatic carbocycles. The third kappa shape index (κ3) is 3.15. The molecule has 1 heterocycles. The Hall–Kier alpha value is -1.06. The van der Waals surface area contributed by atoms with Crippen molar-refractivity contribution in [3.8, 4) is 0 Å². The van der Waals surface area contributed by atoms with Gasteiger partial charge in [0, 0.05) is 44.0 Å². The minimum absolute atomic E-state index is 0.761. The van der Waals surface area contributed by atoms with Crippen LogP contribution in [0.25, 0.3) is 0 Å². The lowest BCUT2D eigenvalue weighted by Gasteiger charge is -2.42. The highest BCUT2D eigenvalue weighted by atomic mass is 15.3. The van der Waals surface area contributed by atoms with Crippen molar-refractivity contribution in [3.63, 3.8) is 0 Å². The summed E-state index contributed by atoms with van der Waals surface area (Å²) in [5.74, 6) is 0. The summed E-state index contributed by atoms with van der Waals surface area (Å²) in [6.07, 6.45) is 5.44. The molecule has 1 saturated carbocycles. The van der Waals surface area contributed by atoms with Gasteiger partial charge in [0.05, 0.1) is 0 Å². The maximum atomic E-state index is 3.43. The van der Waals surface area contributed by atoms with Crippen molar-refractivity contribution in [1.29, 1.82) is 0 Å². The van der Waals surface area contributed by atoms with Gasteiger partial charge in [0.2, 0.25) is 0 Å². The smallest absolute Gasteiger partial charge is 0.0367 e. The second-order valence-electron chi connectivity index (χ2n) is 6.15. The standard InChI is InChI=1S/C17H27N3/c1-18-15-7-9-17(10-8-15)20-13-11-19(12-14-20)16-5-3-2-4-6-16/h2-6,15,17-18H,7-14H2,1H3. The molecule has 1 aliphatic heterocycles. The largest absolute Gasteiger partial charge is 0.369 e. The molecule has 0 atom stereocenters. The summed E-state index contributed by atoms with van der Waals surface area (Å²) in [6, 6.07) is 12.4. The van der Waals surface area contributed by atoms with Crippen LogP contribution in [0.2, 0.25) is 0 Å². The van der Waals surface area contributed by atoms with Gasteiger partial charge < -0.3 is 10.2 Å². The number of nitrogens with zero attached hydrogens (tertiary/aromatic N) is 2. The van der Waals surface area contributed by atoms with E-state index in [1.807, 2.05) is 0 Å². The highest BCUT2D eigenvalue weighted by Gasteiger charge is 2.27. The first-order valence-corrected chi connectivity index (χ1v) is 8.08. The third-order valence-electron chi connectivity index (χ3n) is 5.06. The summed E-state index contributed by atoms with van der Waals surface area (Å²) in [4.78, 5) is 5.25. The number of anilines is 1. The van der Waals surface area contributed by atoms with Crippen LogP contribution in [0, 0.1) is 0 Å². The van der Waals surface area contributed by atoms with Crippen LogP contribution in [0.15, 0.2) is 30.3 Å². The van der Waals surface area contributed by atoms with Crippen LogP contribution in [0.1, 0.15) is 25.7 Å². The monoisotopic (exact) mass is 273 g/mol. The zero-order valence-corrected chi connectivity index (χ0v) is 12.6. The average molecular weight is 273 g/mol. The molecule has 1 aromatic carbocycles. The molecule has 20 heavy (non-hydrogen) atoms. The highest BCUT2D eigenvalue weighted by molar-refractivity contribution is 5.46. The van der Waals surface area contributed by atoms with E-state index >= 15 is 0 Å². The van der Waals surface area contributed by atoms with E-state index in [9.17, 15) is 0 Å². The predicted octanol–water partition coefficient (Wildman–Crippen LogP) is 2.34. The fourth-order valence-electron chi connectivity index (χ4n) is 3.71. The van der Waals surface area contributed by atoms with Crippen LogP contribution in [0.4, 0.5) is 5.69 Å². The summed E-state index contributed by atoms with van der Waals surface area (Å²) < 4.78 is 0. The molecule has 1 saturated heterocycles. The number of piperazine rings is 1. The van der Waals surface area contributed by atoms with Crippen LogP contribution >= 0.6 is 0 Å². The van der Waals surface area contributed by atoms with Gasteiger partial charge in [0.25, 0.3) is 0 Å². The van der Waals surface area contributed by atoms with Gasteiger partial charge in [-0.05, 0) is 44.9 Å². The second kappa shape index (κ2) is 6.59. The molecule has 1 aromatic rings. The van der Waals surface area contributed by atoms with E-state index in [2.05, 4.69) is 52.5 Å². The van der Waals surface area contributed by atoms with Gasteiger partial charge in [-0.15, -0.1) is 0 Å². The van der Waals surface area contributed by atoms with Crippen LogP contribution < -0.4 is 10.2 Å². The molecule has 3 heteroatoms. The molecule has 110 valence electrons. The fraction of sp³-hybridized carbons (Fsp3) is 0.647. The fourth-order valence-corrected chi connectivity index (χ4v) is 3.71. The van der Waals surface area contributed by atoms with Crippen molar-refractivity contribution in [3.05, 3.63) is 30.3 Å². The molecule has 0 radical (unpaired) electrons. The predicted molar refractivity (Wildman–Crippen MR) is 85.3 cm³/mol. The number of para-hydroxylation sites is 1. The topological polar surface area (TPSA) is 18.5 Å². The van der Waals surface area contributed by atoms with Gasteiger partial charge in [0.1, 0.15) is 0 Å². The Bertz CT molecular complexity index is 390. The highest BCUT2D eigenvalue weighted by Crippen LogP contribution is 2.25. The Kier molecular flexibility index (Phi) is 4.58. The summed E-state index contributed by atoms with van der Waals surface area (Å²) in [7, 11) is 2.10. The van der Waals surface area contributed by atoms with Crippen LogP contribution in [-0.2, 0) is 0 Å².